The Balaban J connectivity index is 2.35. The molecule has 0 aliphatic heterocycles. The van der Waals surface area contributed by atoms with Gasteiger partial charge >= 0.3 is 12.0 Å². The summed E-state index contributed by atoms with van der Waals surface area (Å²) < 4.78 is 0. The van der Waals surface area contributed by atoms with Gasteiger partial charge in [0.05, 0.1) is 0 Å². The van der Waals surface area contributed by atoms with Gasteiger partial charge in [-0.2, -0.15) is 0 Å². The monoisotopic (exact) mass is 270 g/mol. The van der Waals surface area contributed by atoms with E-state index >= 15 is 0 Å². The quantitative estimate of drug-likeness (QED) is 0.728. The number of urea groups is 1. The number of hydrogen-bond acceptors (Lipinski definition) is 2. The van der Waals surface area contributed by atoms with Crippen LogP contribution in [-0.4, -0.2) is 41.6 Å². The molecule has 0 bridgehead atoms. The van der Waals surface area contributed by atoms with Crippen LogP contribution in [0.15, 0.2) is 0 Å². The predicted octanol–water partition coefficient (Wildman–Crippen LogP) is 2.46. The second-order valence-electron chi connectivity index (χ2n) is 5.36. The van der Waals surface area contributed by atoms with Crippen LogP contribution in [0.4, 0.5) is 4.79 Å². The summed E-state index contributed by atoms with van der Waals surface area (Å²) in [5.41, 5.74) is 0. The molecule has 2 unspecified atom stereocenters. The summed E-state index contributed by atoms with van der Waals surface area (Å²) in [6, 6.07) is 0.258. The number of carbonyl (C=O) groups is 2. The van der Waals surface area contributed by atoms with E-state index in [-0.39, 0.29) is 12.5 Å². The number of carboxylic acid groups (broad SMARTS) is 1. The number of carboxylic acids is 1. The summed E-state index contributed by atoms with van der Waals surface area (Å²) in [6.07, 6.45) is 6.44. The average Bonchev–Trinajstić information content (AvgIpc) is 2.42. The van der Waals surface area contributed by atoms with Gasteiger partial charge in [0.25, 0.3) is 0 Å². The van der Waals surface area contributed by atoms with Crippen molar-refractivity contribution in [2.24, 2.45) is 5.92 Å². The van der Waals surface area contributed by atoms with Gasteiger partial charge in [0.1, 0.15) is 0 Å². The van der Waals surface area contributed by atoms with Crippen molar-refractivity contribution in [3.8, 4) is 0 Å². The number of carbonyl (C=O) groups excluding carboxylic acids is 1. The molecular formula is C14H26N2O3. The number of hydrogen-bond donors (Lipinski definition) is 2. The van der Waals surface area contributed by atoms with Gasteiger partial charge in [-0.3, -0.25) is 4.79 Å². The molecule has 1 rings (SSSR count). The standard InChI is InChI=1S/C14H26N2O3/c1-3-11-7-4-5-8-12(11)16(2)14(19)15-10-6-9-13(17)18/h11-12H,3-10H2,1-2H3,(H,15,19)(H,17,18). The first-order valence-electron chi connectivity index (χ1n) is 7.28. The van der Waals surface area contributed by atoms with Gasteiger partial charge in [-0.05, 0) is 25.2 Å². The molecule has 1 aliphatic rings. The SMILES string of the molecule is CCC1CCCCC1N(C)C(=O)NCCCC(=O)O. The number of nitrogens with one attached hydrogen (secondary N) is 1. The maximum absolute atomic E-state index is 12.0. The molecule has 0 aromatic heterocycles. The maximum atomic E-state index is 12.0. The summed E-state index contributed by atoms with van der Waals surface area (Å²) in [6.45, 7) is 2.61. The zero-order chi connectivity index (χ0) is 14.3. The van der Waals surface area contributed by atoms with Crippen molar-refractivity contribution in [3.05, 3.63) is 0 Å². The summed E-state index contributed by atoms with van der Waals surface area (Å²) in [4.78, 5) is 24.2. The fraction of sp³-hybridized carbons (Fsp3) is 0.857. The second kappa shape index (κ2) is 8.02. The number of aliphatic carboxylic acids is 1. The summed E-state index contributed by atoms with van der Waals surface area (Å²) in [7, 11) is 1.85. The molecule has 1 fully saturated rings. The molecule has 1 aliphatic carbocycles. The lowest BCUT2D eigenvalue weighted by Gasteiger charge is -2.37. The first-order valence-corrected chi connectivity index (χ1v) is 7.28. The molecule has 0 aromatic carbocycles. The molecule has 110 valence electrons. The molecule has 5 nitrogen and oxygen atoms in total. The third-order valence-electron chi connectivity index (χ3n) is 4.05. The van der Waals surface area contributed by atoms with Gasteiger partial charge in [0.2, 0.25) is 0 Å². The first kappa shape index (κ1) is 15.8. The van der Waals surface area contributed by atoms with Crippen LogP contribution in [0, 0.1) is 5.92 Å². The van der Waals surface area contributed by atoms with Crippen molar-refractivity contribution >= 4 is 12.0 Å². The molecule has 0 aromatic rings. The Bertz CT molecular complexity index is 307. The minimum Gasteiger partial charge on any atom is -0.481 e. The van der Waals surface area contributed by atoms with E-state index in [0.29, 0.717) is 24.9 Å². The van der Waals surface area contributed by atoms with E-state index < -0.39 is 5.97 Å². The molecule has 0 radical (unpaired) electrons. The van der Waals surface area contributed by atoms with Crippen molar-refractivity contribution in [1.82, 2.24) is 10.2 Å². The Hall–Kier alpha value is -1.26. The fourth-order valence-corrected chi connectivity index (χ4v) is 2.88. The Kier molecular flexibility index (Phi) is 6.67. The van der Waals surface area contributed by atoms with Crippen LogP contribution in [0.1, 0.15) is 51.9 Å². The summed E-state index contributed by atoms with van der Waals surface area (Å²) in [5.74, 6) is -0.218. The molecule has 1 saturated carbocycles. The van der Waals surface area contributed by atoms with Crippen molar-refractivity contribution in [2.75, 3.05) is 13.6 Å². The zero-order valence-corrected chi connectivity index (χ0v) is 12.0. The fourth-order valence-electron chi connectivity index (χ4n) is 2.88. The molecule has 2 atom stereocenters. The van der Waals surface area contributed by atoms with Crippen LogP contribution in [-0.2, 0) is 4.79 Å². The highest BCUT2D eigenvalue weighted by molar-refractivity contribution is 5.74. The number of nitrogens with zero attached hydrogens (tertiary/aromatic N) is 1. The van der Waals surface area contributed by atoms with Gasteiger partial charge in [-0.1, -0.05) is 26.2 Å². The van der Waals surface area contributed by atoms with E-state index in [0.717, 1.165) is 12.8 Å². The Morgan fingerprint density at radius 3 is 2.63 bits per heavy atom. The highest BCUT2D eigenvalue weighted by atomic mass is 16.4. The minimum atomic E-state index is -0.819. The molecule has 2 N–H and O–H groups in total. The minimum absolute atomic E-state index is 0.0734. The first-order chi connectivity index (χ1) is 9.06. The van der Waals surface area contributed by atoms with E-state index in [1.54, 1.807) is 0 Å². The predicted molar refractivity (Wildman–Crippen MR) is 74.1 cm³/mol. The van der Waals surface area contributed by atoms with Crippen molar-refractivity contribution in [3.63, 3.8) is 0 Å². The van der Waals surface area contributed by atoms with E-state index in [9.17, 15) is 9.59 Å². The number of rotatable bonds is 6. The lowest BCUT2D eigenvalue weighted by molar-refractivity contribution is -0.137. The Morgan fingerprint density at radius 1 is 1.32 bits per heavy atom. The zero-order valence-electron chi connectivity index (χ0n) is 12.0. The normalized spacial score (nSPS) is 22.8. The van der Waals surface area contributed by atoms with E-state index in [1.165, 1.54) is 19.3 Å². The third-order valence-corrected chi connectivity index (χ3v) is 4.05. The van der Waals surface area contributed by atoms with E-state index in [2.05, 4.69) is 12.2 Å². The van der Waals surface area contributed by atoms with Crippen LogP contribution < -0.4 is 5.32 Å². The summed E-state index contributed by atoms with van der Waals surface area (Å²) in [5, 5.41) is 11.3. The van der Waals surface area contributed by atoms with Gasteiger partial charge < -0.3 is 15.3 Å². The molecular weight excluding hydrogens is 244 g/mol. The van der Waals surface area contributed by atoms with Gasteiger partial charge in [0, 0.05) is 26.1 Å². The lowest BCUT2D eigenvalue weighted by atomic mass is 9.82. The molecule has 0 heterocycles. The second-order valence-corrected chi connectivity index (χ2v) is 5.36. The molecule has 0 saturated heterocycles. The van der Waals surface area contributed by atoms with Crippen molar-refractivity contribution < 1.29 is 14.7 Å². The van der Waals surface area contributed by atoms with Gasteiger partial charge in [0.15, 0.2) is 0 Å². The van der Waals surface area contributed by atoms with Crippen LogP contribution in [0.25, 0.3) is 0 Å². The largest absolute Gasteiger partial charge is 0.481 e. The van der Waals surface area contributed by atoms with Gasteiger partial charge in [-0.25, -0.2) is 4.79 Å². The van der Waals surface area contributed by atoms with Crippen molar-refractivity contribution in [1.29, 1.82) is 0 Å². The summed E-state index contributed by atoms with van der Waals surface area (Å²) >= 11 is 0. The highest BCUT2D eigenvalue weighted by Gasteiger charge is 2.29. The van der Waals surface area contributed by atoms with Crippen molar-refractivity contribution in [2.45, 2.75) is 57.9 Å². The lowest BCUT2D eigenvalue weighted by Crippen LogP contribution is -2.48. The van der Waals surface area contributed by atoms with Crippen LogP contribution in [0.2, 0.25) is 0 Å². The number of amides is 2. The van der Waals surface area contributed by atoms with Crippen LogP contribution in [0.3, 0.4) is 0 Å². The third kappa shape index (κ3) is 5.09. The van der Waals surface area contributed by atoms with E-state index in [1.807, 2.05) is 11.9 Å². The van der Waals surface area contributed by atoms with Crippen LogP contribution >= 0.6 is 0 Å². The Morgan fingerprint density at radius 2 is 2.00 bits per heavy atom. The topological polar surface area (TPSA) is 69.6 Å². The Labute approximate surface area is 115 Å². The smallest absolute Gasteiger partial charge is 0.317 e. The van der Waals surface area contributed by atoms with Gasteiger partial charge in [-0.15, -0.1) is 0 Å². The molecule has 19 heavy (non-hydrogen) atoms. The maximum Gasteiger partial charge on any atom is 0.317 e. The average molecular weight is 270 g/mol. The molecule has 0 spiro atoms. The van der Waals surface area contributed by atoms with E-state index in [4.69, 9.17) is 5.11 Å². The molecule has 5 heteroatoms. The molecule has 2 amide bonds. The van der Waals surface area contributed by atoms with Crippen LogP contribution in [0.5, 0.6) is 0 Å². The highest BCUT2D eigenvalue weighted by Crippen LogP contribution is 2.29.